The van der Waals surface area contributed by atoms with Gasteiger partial charge in [-0.3, -0.25) is 4.79 Å². The fraction of sp³-hybridized carbons (Fsp3) is 0.318. The number of carbonyl (C=O) groups is 1. The molecule has 0 spiro atoms. The zero-order chi connectivity index (χ0) is 17.5. The van der Waals surface area contributed by atoms with Crippen molar-refractivity contribution < 1.29 is 4.79 Å². The normalized spacial score (nSPS) is 12.1. The molecule has 0 bridgehead atoms. The molecule has 0 aliphatic heterocycles. The molecule has 0 saturated heterocycles. The summed E-state index contributed by atoms with van der Waals surface area (Å²) < 4.78 is 0. The number of hydrogen-bond donors (Lipinski definition) is 1. The van der Waals surface area contributed by atoms with Gasteiger partial charge in [0.2, 0.25) is 0 Å². The predicted octanol–water partition coefficient (Wildman–Crippen LogP) is 6.07. The van der Waals surface area contributed by atoms with Gasteiger partial charge in [-0.15, -0.1) is 0 Å². The van der Waals surface area contributed by atoms with E-state index in [9.17, 15) is 4.79 Å². The van der Waals surface area contributed by atoms with Gasteiger partial charge in [0.25, 0.3) is 0 Å². The lowest BCUT2D eigenvalue weighted by atomic mass is 9.86. The Morgan fingerprint density at radius 3 is 2.21 bits per heavy atom. The fourth-order valence-corrected chi connectivity index (χ4v) is 3.23. The van der Waals surface area contributed by atoms with E-state index in [-0.39, 0.29) is 5.41 Å². The van der Waals surface area contributed by atoms with E-state index in [1.165, 1.54) is 11.1 Å². The number of aromatic nitrogens is 1. The molecular weight excluding hydrogens is 294 g/mol. The second-order valence-corrected chi connectivity index (χ2v) is 7.78. The third-order valence-electron chi connectivity index (χ3n) is 4.69. The maximum Gasteiger partial charge on any atom is 0.152 e. The number of rotatable bonds is 3. The van der Waals surface area contributed by atoms with Crippen molar-refractivity contribution in [1.82, 2.24) is 4.98 Å². The Morgan fingerprint density at radius 1 is 1.00 bits per heavy atom. The minimum absolute atomic E-state index is 0.122. The third kappa shape index (κ3) is 2.77. The summed E-state index contributed by atoms with van der Waals surface area (Å²) in [4.78, 5) is 15.3. The van der Waals surface area contributed by atoms with Crippen LogP contribution in [0.15, 0.2) is 42.5 Å². The Balaban J connectivity index is 2.19. The second kappa shape index (κ2) is 5.94. The molecule has 3 rings (SSSR count). The monoisotopic (exact) mass is 319 g/mol. The van der Waals surface area contributed by atoms with Crippen LogP contribution in [-0.2, 0) is 5.41 Å². The van der Waals surface area contributed by atoms with Gasteiger partial charge in [-0.2, -0.15) is 0 Å². The Morgan fingerprint density at radius 2 is 1.67 bits per heavy atom. The van der Waals surface area contributed by atoms with Gasteiger partial charge in [-0.1, -0.05) is 77.1 Å². The van der Waals surface area contributed by atoms with Gasteiger partial charge in [0.1, 0.15) is 0 Å². The maximum atomic E-state index is 11.8. The van der Waals surface area contributed by atoms with Crippen molar-refractivity contribution in [2.75, 3.05) is 0 Å². The van der Waals surface area contributed by atoms with Crippen LogP contribution in [0.4, 0.5) is 0 Å². The molecule has 124 valence electrons. The van der Waals surface area contributed by atoms with Crippen LogP contribution >= 0.6 is 0 Å². The Labute approximate surface area is 143 Å². The van der Waals surface area contributed by atoms with E-state index in [0.29, 0.717) is 5.92 Å². The van der Waals surface area contributed by atoms with Crippen LogP contribution < -0.4 is 0 Å². The first-order valence-corrected chi connectivity index (χ1v) is 8.53. The number of H-pyrrole nitrogens is 1. The lowest BCUT2D eigenvalue weighted by Crippen LogP contribution is -2.10. The number of carbonyl (C=O) groups excluding carboxylic acids is 1. The number of benzene rings is 2. The highest BCUT2D eigenvalue weighted by atomic mass is 16.1. The summed E-state index contributed by atoms with van der Waals surface area (Å²) in [6.45, 7) is 11.0. The minimum Gasteiger partial charge on any atom is -0.354 e. The van der Waals surface area contributed by atoms with Crippen LogP contribution in [0.5, 0.6) is 0 Å². The van der Waals surface area contributed by atoms with Crippen LogP contribution in [0.2, 0.25) is 0 Å². The van der Waals surface area contributed by atoms with E-state index in [1.807, 2.05) is 12.1 Å². The molecule has 0 saturated carbocycles. The second-order valence-electron chi connectivity index (χ2n) is 7.78. The van der Waals surface area contributed by atoms with E-state index in [2.05, 4.69) is 69.9 Å². The summed E-state index contributed by atoms with van der Waals surface area (Å²) >= 11 is 0. The standard InChI is InChI=1S/C22H25NO/c1-14(2)17-7-6-8-18-19(13-24)20(23-21(17)18)15-9-11-16(12-10-15)22(3,4)5/h6-14,23H,1-5H3. The Bertz CT molecular complexity index is 877. The molecule has 1 aromatic heterocycles. The van der Waals surface area contributed by atoms with Crippen LogP contribution in [-0.4, -0.2) is 11.3 Å². The zero-order valence-electron chi connectivity index (χ0n) is 15.1. The fourth-order valence-electron chi connectivity index (χ4n) is 3.23. The van der Waals surface area contributed by atoms with E-state index in [4.69, 9.17) is 0 Å². The van der Waals surface area contributed by atoms with E-state index in [1.54, 1.807) is 0 Å². The molecule has 0 radical (unpaired) electrons. The topological polar surface area (TPSA) is 32.9 Å². The van der Waals surface area contributed by atoms with Gasteiger partial charge < -0.3 is 4.98 Å². The molecular formula is C22H25NO. The summed E-state index contributed by atoms with van der Waals surface area (Å²) in [5, 5.41) is 1.01. The summed E-state index contributed by atoms with van der Waals surface area (Å²) in [7, 11) is 0. The molecule has 0 aliphatic rings. The van der Waals surface area contributed by atoms with Crippen molar-refractivity contribution in [2.45, 2.75) is 46.0 Å². The summed E-state index contributed by atoms with van der Waals surface area (Å²) in [5.41, 5.74) is 6.44. The molecule has 1 heterocycles. The number of para-hydroxylation sites is 1. The van der Waals surface area contributed by atoms with E-state index in [0.717, 1.165) is 34.0 Å². The Kier molecular flexibility index (Phi) is 4.08. The van der Waals surface area contributed by atoms with Gasteiger partial charge in [0, 0.05) is 10.9 Å². The van der Waals surface area contributed by atoms with E-state index >= 15 is 0 Å². The first-order valence-electron chi connectivity index (χ1n) is 8.53. The van der Waals surface area contributed by atoms with Gasteiger partial charge in [-0.25, -0.2) is 0 Å². The maximum absolute atomic E-state index is 11.8. The van der Waals surface area contributed by atoms with Crippen LogP contribution in [0.3, 0.4) is 0 Å². The average Bonchev–Trinajstić information content (AvgIpc) is 2.92. The molecule has 2 aromatic carbocycles. The zero-order valence-corrected chi connectivity index (χ0v) is 15.1. The number of hydrogen-bond acceptors (Lipinski definition) is 1. The summed E-state index contributed by atoms with van der Waals surface area (Å²) in [6.07, 6.45) is 0.968. The van der Waals surface area contributed by atoms with Crippen molar-refractivity contribution in [3.8, 4) is 11.3 Å². The van der Waals surface area contributed by atoms with Gasteiger partial charge >= 0.3 is 0 Å². The van der Waals surface area contributed by atoms with Crippen LogP contribution in [0, 0.1) is 0 Å². The van der Waals surface area contributed by atoms with Crippen molar-refractivity contribution >= 4 is 17.2 Å². The molecule has 24 heavy (non-hydrogen) atoms. The molecule has 0 unspecified atom stereocenters. The largest absolute Gasteiger partial charge is 0.354 e. The number of aromatic amines is 1. The summed E-state index contributed by atoms with van der Waals surface area (Å²) in [6, 6.07) is 14.7. The molecule has 2 heteroatoms. The predicted molar refractivity (Wildman–Crippen MR) is 102 cm³/mol. The van der Waals surface area contributed by atoms with E-state index < -0.39 is 0 Å². The van der Waals surface area contributed by atoms with Gasteiger partial charge in [0.15, 0.2) is 6.29 Å². The van der Waals surface area contributed by atoms with Crippen LogP contribution in [0.1, 0.15) is 62.0 Å². The van der Waals surface area contributed by atoms with Gasteiger partial charge in [0.05, 0.1) is 11.2 Å². The molecule has 1 N–H and O–H groups in total. The van der Waals surface area contributed by atoms with Crippen molar-refractivity contribution in [2.24, 2.45) is 0 Å². The minimum atomic E-state index is 0.122. The average molecular weight is 319 g/mol. The lowest BCUT2D eigenvalue weighted by molar-refractivity contribution is 0.112. The molecule has 2 nitrogen and oxygen atoms in total. The summed E-state index contributed by atoms with van der Waals surface area (Å²) in [5.74, 6) is 0.406. The molecule has 3 aromatic rings. The Hall–Kier alpha value is -2.35. The molecule has 0 fully saturated rings. The SMILES string of the molecule is CC(C)c1cccc2c(C=O)c(-c3ccc(C(C)(C)C)cc3)[nH]c12. The van der Waals surface area contributed by atoms with Crippen molar-refractivity contribution in [3.63, 3.8) is 0 Å². The lowest BCUT2D eigenvalue weighted by Gasteiger charge is -2.19. The number of fused-ring (bicyclic) bond motifs is 1. The van der Waals surface area contributed by atoms with Crippen molar-refractivity contribution in [3.05, 3.63) is 59.2 Å². The quantitative estimate of drug-likeness (QED) is 0.584. The van der Waals surface area contributed by atoms with Crippen molar-refractivity contribution in [1.29, 1.82) is 0 Å². The number of nitrogens with one attached hydrogen (secondary N) is 1. The first kappa shape index (κ1) is 16.5. The highest BCUT2D eigenvalue weighted by Crippen LogP contribution is 2.34. The molecule has 0 aliphatic carbocycles. The third-order valence-corrected chi connectivity index (χ3v) is 4.69. The molecule has 0 atom stereocenters. The van der Waals surface area contributed by atoms with Crippen LogP contribution in [0.25, 0.3) is 22.2 Å². The molecule has 0 amide bonds. The smallest absolute Gasteiger partial charge is 0.152 e. The number of aldehydes is 1. The first-order chi connectivity index (χ1) is 11.3. The highest BCUT2D eigenvalue weighted by Gasteiger charge is 2.17. The van der Waals surface area contributed by atoms with Gasteiger partial charge in [-0.05, 0) is 28.0 Å². The highest BCUT2D eigenvalue weighted by molar-refractivity contribution is 6.05.